The molecule has 2 aromatic rings. The fourth-order valence-electron chi connectivity index (χ4n) is 1.85. The molecule has 0 heterocycles. The zero-order valence-electron chi connectivity index (χ0n) is 10.9. The molecule has 0 aliphatic rings. The van der Waals surface area contributed by atoms with E-state index >= 15 is 0 Å². The Balaban J connectivity index is 2.43. The van der Waals surface area contributed by atoms with Gasteiger partial charge in [0.2, 0.25) is 0 Å². The van der Waals surface area contributed by atoms with Gasteiger partial charge < -0.3 is 5.73 Å². The second kappa shape index (κ2) is 5.73. The standard InChI is InChI=1S/C14H15ClN2O2S/c1-2-10-5-3-4-6-13(10)17-20(18,19)14-9-11(16)7-8-12(14)15/h3-9,17H,2,16H2,1H3. The molecule has 3 N–H and O–H groups in total. The summed E-state index contributed by atoms with van der Waals surface area (Å²) in [6, 6.07) is 11.6. The maximum atomic E-state index is 12.4. The predicted octanol–water partition coefficient (Wildman–Crippen LogP) is 3.29. The average molecular weight is 311 g/mol. The SMILES string of the molecule is CCc1ccccc1NS(=O)(=O)c1cc(N)ccc1Cl. The van der Waals surface area contributed by atoms with Gasteiger partial charge in [-0.2, -0.15) is 0 Å². The molecule has 4 nitrogen and oxygen atoms in total. The molecule has 0 amide bonds. The molecule has 0 saturated carbocycles. The minimum Gasteiger partial charge on any atom is -0.399 e. The number of anilines is 2. The fraction of sp³-hybridized carbons (Fsp3) is 0.143. The summed E-state index contributed by atoms with van der Waals surface area (Å²) in [5, 5.41) is 0.140. The van der Waals surface area contributed by atoms with Crippen molar-refractivity contribution in [1.29, 1.82) is 0 Å². The Hall–Kier alpha value is -1.72. The Morgan fingerprint density at radius 1 is 1.20 bits per heavy atom. The van der Waals surface area contributed by atoms with Crippen LogP contribution in [0.3, 0.4) is 0 Å². The first-order valence-electron chi connectivity index (χ1n) is 6.10. The summed E-state index contributed by atoms with van der Waals surface area (Å²) in [5.41, 5.74) is 7.43. The van der Waals surface area contributed by atoms with Crippen LogP contribution in [0.4, 0.5) is 11.4 Å². The normalized spacial score (nSPS) is 11.3. The lowest BCUT2D eigenvalue weighted by molar-refractivity contribution is 0.601. The molecule has 0 radical (unpaired) electrons. The number of nitrogens with two attached hydrogens (primary N) is 1. The minimum atomic E-state index is -3.76. The number of hydrogen-bond donors (Lipinski definition) is 2. The van der Waals surface area contributed by atoms with Gasteiger partial charge in [0.25, 0.3) is 10.0 Å². The molecule has 0 aliphatic heterocycles. The molecule has 20 heavy (non-hydrogen) atoms. The van der Waals surface area contributed by atoms with Crippen LogP contribution in [0.15, 0.2) is 47.4 Å². The lowest BCUT2D eigenvalue weighted by atomic mass is 10.1. The van der Waals surface area contributed by atoms with Crippen molar-refractivity contribution in [1.82, 2.24) is 0 Å². The molecule has 0 aliphatic carbocycles. The number of para-hydroxylation sites is 1. The van der Waals surface area contributed by atoms with E-state index in [0.717, 1.165) is 12.0 Å². The highest BCUT2D eigenvalue weighted by molar-refractivity contribution is 7.92. The summed E-state index contributed by atoms with van der Waals surface area (Å²) in [4.78, 5) is -0.0231. The van der Waals surface area contributed by atoms with Crippen LogP contribution in [0.1, 0.15) is 12.5 Å². The number of aryl methyl sites for hydroxylation is 1. The summed E-state index contributed by atoms with van der Waals surface area (Å²) in [7, 11) is -3.76. The highest BCUT2D eigenvalue weighted by Crippen LogP contribution is 2.27. The number of halogens is 1. The zero-order valence-corrected chi connectivity index (χ0v) is 12.5. The van der Waals surface area contributed by atoms with Gasteiger partial charge >= 0.3 is 0 Å². The molecule has 0 unspecified atom stereocenters. The van der Waals surface area contributed by atoms with Crippen molar-refractivity contribution >= 4 is 33.0 Å². The van der Waals surface area contributed by atoms with Crippen molar-refractivity contribution in [3.05, 3.63) is 53.1 Å². The summed E-state index contributed by atoms with van der Waals surface area (Å²) in [6.07, 6.45) is 0.726. The summed E-state index contributed by atoms with van der Waals surface area (Å²) in [5.74, 6) is 0. The lowest BCUT2D eigenvalue weighted by Crippen LogP contribution is -2.15. The second-order valence-electron chi connectivity index (χ2n) is 4.31. The molecule has 0 saturated heterocycles. The first-order valence-corrected chi connectivity index (χ1v) is 7.96. The predicted molar refractivity (Wildman–Crippen MR) is 82.5 cm³/mol. The van der Waals surface area contributed by atoms with Crippen molar-refractivity contribution in [2.45, 2.75) is 18.2 Å². The molecule has 0 atom stereocenters. The lowest BCUT2D eigenvalue weighted by Gasteiger charge is -2.12. The van der Waals surface area contributed by atoms with Crippen LogP contribution >= 0.6 is 11.6 Å². The number of rotatable bonds is 4. The van der Waals surface area contributed by atoms with Gasteiger partial charge in [-0.25, -0.2) is 8.42 Å². The number of nitrogens with one attached hydrogen (secondary N) is 1. The first-order chi connectivity index (χ1) is 9.44. The van der Waals surface area contributed by atoms with E-state index in [9.17, 15) is 8.42 Å². The van der Waals surface area contributed by atoms with Gasteiger partial charge in [0.15, 0.2) is 0 Å². The van der Waals surface area contributed by atoms with Gasteiger partial charge in [0, 0.05) is 5.69 Å². The van der Waals surface area contributed by atoms with Gasteiger partial charge in [-0.3, -0.25) is 4.72 Å². The Bertz CT molecular complexity index is 730. The second-order valence-corrected chi connectivity index (χ2v) is 6.36. The van der Waals surface area contributed by atoms with Crippen LogP contribution in [0.5, 0.6) is 0 Å². The van der Waals surface area contributed by atoms with E-state index in [4.69, 9.17) is 17.3 Å². The molecule has 0 fully saturated rings. The van der Waals surface area contributed by atoms with Crippen molar-refractivity contribution < 1.29 is 8.42 Å². The third-order valence-electron chi connectivity index (χ3n) is 2.89. The topological polar surface area (TPSA) is 72.2 Å². The quantitative estimate of drug-likeness (QED) is 0.851. The third-order valence-corrected chi connectivity index (χ3v) is 4.73. The van der Waals surface area contributed by atoms with Crippen molar-refractivity contribution in [3.8, 4) is 0 Å². The van der Waals surface area contributed by atoms with E-state index in [-0.39, 0.29) is 9.92 Å². The van der Waals surface area contributed by atoms with Gasteiger partial charge in [-0.15, -0.1) is 0 Å². The maximum absolute atomic E-state index is 12.4. The molecule has 2 aromatic carbocycles. The van der Waals surface area contributed by atoms with E-state index in [2.05, 4.69) is 4.72 Å². The molecule has 6 heteroatoms. The fourth-order valence-corrected chi connectivity index (χ4v) is 3.49. The van der Waals surface area contributed by atoms with Crippen LogP contribution in [-0.2, 0) is 16.4 Å². The van der Waals surface area contributed by atoms with Gasteiger partial charge in [-0.1, -0.05) is 36.7 Å². The van der Waals surface area contributed by atoms with E-state index in [1.165, 1.54) is 12.1 Å². The minimum absolute atomic E-state index is 0.0231. The average Bonchev–Trinajstić information content (AvgIpc) is 2.41. The monoisotopic (exact) mass is 310 g/mol. The van der Waals surface area contributed by atoms with Gasteiger partial charge in [0.05, 0.1) is 10.7 Å². The first kappa shape index (κ1) is 14.7. The summed E-state index contributed by atoms with van der Waals surface area (Å²) >= 11 is 5.95. The number of hydrogen-bond acceptors (Lipinski definition) is 3. The van der Waals surface area contributed by atoms with Crippen LogP contribution < -0.4 is 10.5 Å². The van der Waals surface area contributed by atoms with E-state index in [1.54, 1.807) is 18.2 Å². The van der Waals surface area contributed by atoms with E-state index in [1.807, 2.05) is 19.1 Å². The highest BCUT2D eigenvalue weighted by Gasteiger charge is 2.19. The van der Waals surface area contributed by atoms with Crippen LogP contribution in [0, 0.1) is 0 Å². The van der Waals surface area contributed by atoms with Gasteiger partial charge in [-0.05, 0) is 36.2 Å². The third kappa shape index (κ3) is 3.05. The molecular formula is C14H15ClN2O2S. The number of sulfonamides is 1. The van der Waals surface area contributed by atoms with Crippen molar-refractivity contribution in [2.75, 3.05) is 10.5 Å². The maximum Gasteiger partial charge on any atom is 0.263 e. The Kier molecular flexibility index (Phi) is 4.20. The molecular weight excluding hydrogens is 296 g/mol. The summed E-state index contributed by atoms with van der Waals surface area (Å²) in [6.45, 7) is 1.96. The Morgan fingerprint density at radius 2 is 1.90 bits per heavy atom. The molecule has 0 aromatic heterocycles. The molecule has 0 bridgehead atoms. The smallest absolute Gasteiger partial charge is 0.263 e. The van der Waals surface area contributed by atoms with Crippen molar-refractivity contribution in [3.63, 3.8) is 0 Å². The van der Waals surface area contributed by atoms with E-state index in [0.29, 0.717) is 11.4 Å². The molecule has 2 rings (SSSR count). The largest absolute Gasteiger partial charge is 0.399 e. The number of nitrogen functional groups attached to an aromatic ring is 1. The number of benzene rings is 2. The Labute approximate surface area is 123 Å². The zero-order chi connectivity index (χ0) is 14.8. The van der Waals surface area contributed by atoms with Gasteiger partial charge in [0.1, 0.15) is 4.90 Å². The highest BCUT2D eigenvalue weighted by atomic mass is 35.5. The van der Waals surface area contributed by atoms with Crippen LogP contribution in [0.2, 0.25) is 5.02 Å². The van der Waals surface area contributed by atoms with Crippen molar-refractivity contribution in [2.24, 2.45) is 0 Å². The van der Waals surface area contributed by atoms with E-state index < -0.39 is 10.0 Å². The summed E-state index contributed by atoms with van der Waals surface area (Å²) < 4.78 is 27.3. The van der Waals surface area contributed by atoms with Crippen LogP contribution in [0.25, 0.3) is 0 Å². The Morgan fingerprint density at radius 3 is 2.60 bits per heavy atom. The molecule has 0 spiro atoms. The van der Waals surface area contributed by atoms with Crippen LogP contribution in [-0.4, -0.2) is 8.42 Å². The molecule has 106 valence electrons.